The van der Waals surface area contributed by atoms with Crippen molar-refractivity contribution in [3.8, 4) is 22.2 Å². The third-order valence-electron chi connectivity index (χ3n) is 3.17. The van der Waals surface area contributed by atoms with Gasteiger partial charge in [-0.25, -0.2) is 0 Å². The van der Waals surface area contributed by atoms with Gasteiger partial charge in [0.15, 0.2) is 0 Å². The molecule has 0 fully saturated rings. The van der Waals surface area contributed by atoms with Gasteiger partial charge in [0.2, 0.25) is 5.82 Å². The van der Waals surface area contributed by atoms with E-state index in [2.05, 4.69) is 43.0 Å². The average molecular weight is 284 g/mol. The summed E-state index contributed by atoms with van der Waals surface area (Å²) in [7, 11) is 0. The van der Waals surface area contributed by atoms with Gasteiger partial charge in [-0.3, -0.25) is 0 Å². The SMILES string of the molecule is CC(C)(C)c1ccc(-c2nc(-c3cccs3)no2)cc1. The normalized spacial score (nSPS) is 11.8. The monoisotopic (exact) mass is 284 g/mol. The van der Waals surface area contributed by atoms with E-state index in [0.717, 1.165) is 10.4 Å². The molecule has 2 aromatic heterocycles. The van der Waals surface area contributed by atoms with Crippen LogP contribution in [0.5, 0.6) is 0 Å². The molecule has 0 unspecified atom stereocenters. The van der Waals surface area contributed by atoms with E-state index >= 15 is 0 Å². The van der Waals surface area contributed by atoms with Crippen molar-refractivity contribution < 1.29 is 4.52 Å². The van der Waals surface area contributed by atoms with Gasteiger partial charge in [-0.1, -0.05) is 44.1 Å². The molecular formula is C16H16N2OS. The number of hydrogen-bond acceptors (Lipinski definition) is 4. The molecule has 20 heavy (non-hydrogen) atoms. The summed E-state index contributed by atoms with van der Waals surface area (Å²) in [5, 5.41) is 6.03. The standard InChI is InChI=1S/C16H16N2OS/c1-16(2,3)12-8-6-11(7-9-12)15-17-14(18-19-15)13-5-4-10-20-13/h4-10H,1-3H3. The molecule has 1 aromatic carbocycles. The Balaban J connectivity index is 1.90. The highest BCUT2D eigenvalue weighted by atomic mass is 32.1. The highest BCUT2D eigenvalue weighted by Crippen LogP contribution is 2.27. The Labute approximate surface area is 122 Å². The molecule has 0 N–H and O–H groups in total. The van der Waals surface area contributed by atoms with Crippen molar-refractivity contribution in [2.45, 2.75) is 26.2 Å². The first-order chi connectivity index (χ1) is 9.54. The Hall–Kier alpha value is -1.94. The van der Waals surface area contributed by atoms with E-state index in [1.54, 1.807) is 11.3 Å². The molecule has 0 saturated carbocycles. The van der Waals surface area contributed by atoms with Crippen molar-refractivity contribution >= 4 is 11.3 Å². The Bertz CT molecular complexity index is 691. The number of rotatable bonds is 2. The van der Waals surface area contributed by atoms with E-state index in [-0.39, 0.29) is 5.41 Å². The van der Waals surface area contributed by atoms with Crippen LogP contribution in [-0.2, 0) is 5.41 Å². The quantitative estimate of drug-likeness (QED) is 0.681. The molecule has 3 nitrogen and oxygen atoms in total. The molecule has 102 valence electrons. The molecule has 2 heterocycles. The maximum Gasteiger partial charge on any atom is 0.258 e. The second kappa shape index (κ2) is 4.87. The molecule has 0 aliphatic heterocycles. The number of benzene rings is 1. The Morgan fingerprint density at radius 2 is 1.80 bits per heavy atom. The van der Waals surface area contributed by atoms with Gasteiger partial charge in [0.05, 0.1) is 4.88 Å². The molecule has 0 bridgehead atoms. The number of nitrogens with zero attached hydrogens (tertiary/aromatic N) is 2. The van der Waals surface area contributed by atoms with E-state index in [0.29, 0.717) is 11.7 Å². The molecule has 4 heteroatoms. The van der Waals surface area contributed by atoms with E-state index in [1.807, 2.05) is 29.6 Å². The van der Waals surface area contributed by atoms with Crippen molar-refractivity contribution in [3.63, 3.8) is 0 Å². The van der Waals surface area contributed by atoms with Crippen LogP contribution in [0.2, 0.25) is 0 Å². The van der Waals surface area contributed by atoms with Crippen LogP contribution in [0.4, 0.5) is 0 Å². The maximum atomic E-state index is 5.35. The Kier molecular flexibility index (Phi) is 3.18. The summed E-state index contributed by atoms with van der Waals surface area (Å²) in [6.07, 6.45) is 0. The molecule has 3 aromatic rings. The number of thiophene rings is 1. The van der Waals surface area contributed by atoms with Gasteiger partial charge in [-0.05, 0) is 34.6 Å². The first kappa shape index (κ1) is 13.1. The molecule has 0 aliphatic carbocycles. The second-order valence-electron chi connectivity index (χ2n) is 5.73. The van der Waals surface area contributed by atoms with Crippen LogP contribution in [-0.4, -0.2) is 10.1 Å². The lowest BCUT2D eigenvalue weighted by atomic mass is 9.87. The highest BCUT2D eigenvalue weighted by Gasteiger charge is 2.15. The van der Waals surface area contributed by atoms with Crippen molar-refractivity contribution in [3.05, 3.63) is 47.3 Å². The van der Waals surface area contributed by atoms with E-state index < -0.39 is 0 Å². The van der Waals surface area contributed by atoms with Crippen LogP contribution >= 0.6 is 11.3 Å². The van der Waals surface area contributed by atoms with E-state index in [4.69, 9.17) is 4.52 Å². The van der Waals surface area contributed by atoms with Gasteiger partial charge in [-0.2, -0.15) is 4.98 Å². The molecule has 0 amide bonds. The molecule has 0 spiro atoms. The molecule has 0 saturated heterocycles. The van der Waals surface area contributed by atoms with Crippen LogP contribution in [0.3, 0.4) is 0 Å². The van der Waals surface area contributed by atoms with Gasteiger partial charge >= 0.3 is 0 Å². The third kappa shape index (κ3) is 2.51. The number of hydrogen-bond donors (Lipinski definition) is 0. The summed E-state index contributed by atoms with van der Waals surface area (Å²) in [6, 6.07) is 12.3. The van der Waals surface area contributed by atoms with Gasteiger partial charge < -0.3 is 4.52 Å². The minimum Gasteiger partial charge on any atom is -0.334 e. The summed E-state index contributed by atoms with van der Waals surface area (Å²) in [5.74, 6) is 1.21. The fraction of sp³-hybridized carbons (Fsp3) is 0.250. The summed E-state index contributed by atoms with van der Waals surface area (Å²) >= 11 is 1.61. The molecule has 0 atom stereocenters. The van der Waals surface area contributed by atoms with Gasteiger partial charge in [0.1, 0.15) is 0 Å². The summed E-state index contributed by atoms with van der Waals surface area (Å²) in [5.41, 5.74) is 2.39. The van der Waals surface area contributed by atoms with Gasteiger partial charge in [0, 0.05) is 5.56 Å². The smallest absolute Gasteiger partial charge is 0.258 e. The zero-order chi connectivity index (χ0) is 14.2. The first-order valence-electron chi connectivity index (χ1n) is 6.52. The van der Waals surface area contributed by atoms with Crippen LogP contribution < -0.4 is 0 Å². The zero-order valence-electron chi connectivity index (χ0n) is 11.8. The minimum absolute atomic E-state index is 0.148. The minimum atomic E-state index is 0.148. The van der Waals surface area contributed by atoms with Crippen LogP contribution in [0.15, 0.2) is 46.3 Å². The van der Waals surface area contributed by atoms with E-state index in [9.17, 15) is 0 Å². The fourth-order valence-electron chi connectivity index (χ4n) is 1.96. The lowest BCUT2D eigenvalue weighted by molar-refractivity contribution is 0.432. The van der Waals surface area contributed by atoms with Crippen molar-refractivity contribution in [2.24, 2.45) is 0 Å². The van der Waals surface area contributed by atoms with Crippen molar-refractivity contribution in [1.29, 1.82) is 0 Å². The summed E-state index contributed by atoms with van der Waals surface area (Å²) in [4.78, 5) is 5.47. The molecule has 0 aliphatic rings. The zero-order valence-corrected chi connectivity index (χ0v) is 12.6. The van der Waals surface area contributed by atoms with Gasteiger partial charge in [-0.15, -0.1) is 11.3 Å². The predicted octanol–water partition coefficient (Wildman–Crippen LogP) is 4.76. The molecule has 3 rings (SSSR count). The van der Waals surface area contributed by atoms with Gasteiger partial charge in [0.25, 0.3) is 5.89 Å². The Morgan fingerprint density at radius 3 is 2.40 bits per heavy atom. The van der Waals surface area contributed by atoms with Crippen molar-refractivity contribution in [2.75, 3.05) is 0 Å². The lowest BCUT2D eigenvalue weighted by Crippen LogP contribution is -2.10. The fourth-order valence-corrected chi connectivity index (χ4v) is 2.61. The summed E-state index contributed by atoms with van der Waals surface area (Å²) in [6.45, 7) is 6.59. The average Bonchev–Trinajstić information content (AvgIpc) is 3.09. The van der Waals surface area contributed by atoms with E-state index in [1.165, 1.54) is 5.56 Å². The molecular weight excluding hydrogens is 268 g/mol. The third-order valence-corrected chi connectivity index (χ3v) is 4.03. The Morgan fingerprint density at radius 1 is 1.05 bits per heavy atom. The first-order valence-corrected chi connectivity index (χ1v) is 7.40. The van der Waals surface area contributed by atoms with Crippen LogP contribution in [0, 0.1) is 0 Å². The lowest BCUT2D eigenvalue weighted by Gasteiger charge is -2.18. The topological polar surface area (TPSA) is 38.9 Å². The predicted molar refractivity (Wildman–Crippen MR) is 81.7 cm³/mol. The number of aromatic nitrogens is 2. The van der Waals surface area contributed by atoms with Crippen LogP contribution in [0.25, 0.3) is 22.2 Å². The van der Waals surface area contributed by atoms with Crippen LogP contribution in [0.1, 0.15) is 26.3 Å². The largest absolute Gasteiger partial charge is 0.334 e. The second-order valence-corrected chi connectivity index (χ2v) is 6.68. The molecule has 0 radical (unpaired) electrons. The maximum absolute atomic E-state index is 5.35. The van der Waals surface area contributed by atoms with Crippen molar-refractivity contribution in [1.82, 2.24) is 10.1 Å². The summed E-state index contributed by atoms with van der Waals surface area (Å²) < 4.78 is 5.35. The highest BCUT2D eigenvalue weighted by molar-refractivity contribution is 7.13.